The molecule has 3 N–H and O–H groups in total. The summed E-state index contributed by atoms with van der Waals surface area (Å²) >= 11 is 0. The number of hydrogen-bond acceptors (Lipinski definition) is 3. The number of carbonyl (C=O) groups excluding carboxylic acids is 2. The van der Waals surface area contributed by atoms with E-state index in [1.165, 1.54) is 18.4 Å². The lowest BCUT2D eigenvalue weighted by Gasteiger charge is -2.24. The number of nitrogens with two attached hydrogens (primary N) is 1. The van der Waals surface area contributed by atoms with E-state index in [1.807, 2.05) is 6.07 Å². The molecule has 27 heavy (non-hydrogen) atoms. The van der Waals surface area contributed by atoms with Crippen LogP contribution in [0.2, 0.25) is 0 Å². The van der Waals surface area contributed by atoms with Crippen molar-refractivity contribution in [2.45, 2.75) is 38.1 Å². The fourth-order valence-electron chi connectivity index (χ4n) is 3.68. The number of likely N-dealkylation sites (tertiary alicyclic amines) is 1. The number of anilines is 1. The van der Waals surface area contributed by atoms with Gasteiger partial charge in [0.1, 0.15) is 0 Å². The summed E-state index contributed by atoms with van der Waals surface area (Å²) in [6.45, 7) is 1.85. The second-order valence-corrected chi connectivity index (χ2v) is 7.10. The van der Waals surface area contributed by atoms with E-state index >= 15 is 0 Å². The summed E-state index contributed by atoms with van der Waals surface area (Å²) in [6.07, 6.45) is 5.11. The fraction of sp³-hybridized carbons (Fsp3) is 0.364. The van der Waals surface area contributed by atoms with Gasteiger partial charge in [-0.2, -0.15) is 0 Å². The van der Waals surface area contributed by atoms with Gasteiger partial charge in [-0.25, -0.2) is 0 Å². The molecule has 1 aliphatic heterocycles. The molecule has 1 atom stereocenters. The van der Waals surface area contributed by atoms with Gasteiger partial charge in [-0.1, -0.05) is 30.3 Å². The second-order valence-electron chi connectivity index (χ2n) is 7.10. The van der Waals surface area contributed by atoms with Crippen molar-refractivity contribution in [2.24, 2.45) is 5.73 Å². The van der Waals surface area contributed by atoms with Gasteiger partial charge in [0.25, 0.3) is 0 Å². The lowest BCUT2D eigenvalue weighted by atomic mass is 10.0. The van der Waals surface area contributed by atoms with E-state index in [-0.39, 0.29) is 5.91 Å². The molecule has 0 saturated carbocycles. The molecule has 3 rings (SSSR count). The van der Waals surface area contributed by atoms with Crippen molar-refractivity contribution in [3.8, 4) is 0 Å². The zero-order chi connectivity index (χ0) is 19.1. The third kappa shape index (κ3) is 5.66. The molecule has 1 saturated heterocycles. The number of aryl methyl sites for hydroxylation is 1. The minimum Gasteiger partial charge on any atom is -0.366 e. The van der Waals surface area contributed by atoms with Crippen LogP contribution in [0, 0.1) is 0 Å². The Labute approximate surface area is 160 Å². The van der Waals surface area contributed by atoms with E-state index in [4.69, 9.17) is 5.73 Å². The fourth-order valence-corrected chi connectivity index (χ4v) is 3.68. The van der Waals surface area contributed by atoms with Crippen molar-refractivity contribution in [3.63, 3.8) is 0 Å². The Bertz CT molecular complexity index is 759. The highest BCUT2D eigenvalue weighted by Gasteiger charge is 2.24. The normalized spacial score (nSPS) is 17.0. The molecule has 1 heterocycles. The molecular formula is C22H27N3O2. The molecule has 5 nitrogen and oxygen atoms in total. The van der Waals surface area contributed by atoms with Gasteiger partial charge in [-0.05, 0) is 62.1 Å². The molecule has 0 bridgehead atoms. The van der Waals surface area contributed by atoms with Crippen LogP contribution in [0.25, 0.3) is 0 Å². The number of nitrogens with one attached hydrogen (secondary N) is 1. The second kappa shape index (κ2) is 9.33. The maximum Gasteiger partial charge on any atom is 0.248 e. The Hall–Kier alpha value is -2.66. The van der Waals surface area contributed by atoms with Crippen LogP contribution in [0.3, 0.4) is 0 Å². The highest BCUT2D eigenvalue weighted by molar-refractivity contribution is 5.94. The average Bonchev–Trinajstić information content (AvgIpc) is 3.13. The molecule has 0 radical (unpaired) electrons. The van der Waals surface area contributed by atoms with Crippen molar-refractivity contribution in [2.75, 3.05) is 18.4 Å². The van der Waals surface area contributed by atoms with Crippen molar-refractivity contribution in [1.82, 2.24) is 4.90 Å². The SMILES string of the molecule is NC(=O)c1ccc(NC(=O)CCN2CCC[C@@H]2CCc2ccccc2)cc1. The summed E-state index contributed by atoms with van der Waals surface area (Å²) < 4.78 is 0. The number of rotatable bonds is 8. The highest BCUT2D eigenvalue weighted by atomic mass is 16.2. The maximum absolute atomic E-state index is 12.2. The molecule has 2 aromatic rings. The topological polar surface area (TPSA) is 75.4 Å². The van der Waals surface area contributed by atoms with Gasteiger partial charge in [0.05, 0.1) is 0 Å². The number of nitrogens with zero attached hydrogens (tertiary/aromatic N) is 1. The van der Waals surface area contributed by atoms with E-state index in [1.54, 1.807) is 24.3 Å². The Morgan fingerprint density at radius 1 is 1.07 bits per heavy atom. The van der Waals surface area contributed by atoms with Crippen LogP contribution >= 0.6 is 0 Å². The monoisotopic (exact) mass is 365 g/mol. The van der Waals surface area contributed by atoms with Crippen molar-refractivity contribution in [3.05, 3.63) is 65.7 Å². The predicted molar refractivity (Wildman–Crippen MR) is 108 cm³/mol. The zero-order valence-corrected chi connectivity index (χ0v) is 15.6. The lowest BCUT2D eigenvalue weighted by Crippen LogP contribution is -2.32. The van der Waals surface area contributed by atoms with Crippen molar-refractivity contribution < 1.29 is 9.59 Å². The molecule has 0 aromatic heterocycles. The molecule has 2 amide bonds. The first kappa shape index (κ1) is 19.1. The molecule has 1 aliphatic rings. The molecule has 2 aromatic carbocycles. The molecule has 0 aliphatic carbocycles. The molecule has 0 unspecified atom stereocenters. The smallest absolute Gasteiger partial charge is 0.248 e. The minimum atomic E-state index is -0.469. The van der Waals surface area contributed by atoms with Gasteiger partial charge in [0.15, 0.2) is 0 Å². The van der Waals surface area contributed by atoms with Crippen molar-refractivity contribution >= 4 is 17.5 Å². The predicted octanol–water partition coefficient (Wildman–Crippen LogP) is 3.21. The standard InChI is InChI=1S/C22H27N3O2/c23-22(27)18-9-11-19(12-10-18)24-21(26)14-16-25-15-4-7-20(25)13-8-17-5-2-1-3-6-17/h1-3,5-6,9-12,20H,4,7-8,13-16H2,(H2,23,27)(H,24,26)/t20-/m1/s1. The summed E-state index contributed by atoms with van der Waals surface area (Å²) in [7, 11) is 0. The van der Waals surface area contributed by atoms with Gasteiger partial charge in [0, 0.05) is 30.3 Å². The van der Waals surface area contributed by atoms with Gasteiger partial charge < -0.3 is 11.1 Å². The van der Waals surface area contributed by atoms with Crippen LogP contribution in [-0.2, 0) is 11.2 Å². The molecule has 0 spiro atoms. The van der Waals surface area contributed by atoms with Crippen LogP contribution in [0.1, 0.15) is 41.6 Å². The number of benzene rings is 2. The summed E-state index contributed by atoms with van der Waals surface area (Å²) in [5.74, 6) is -0.473. The summed E-state index contributed by atoms with van der Waals surface area (Å²) in [5.41, 5.74) is 7.73. The van der Waals surface area contributed by atoms with Crippen molar-refractivity contribution in [1.29, 1.82) is 0 Å². The minimum absolute atomic E-state index is 0.00413. The van der Waals surface area contributed by atoms with E-state index in [9.17, 15) is 9.59 Å². The third-order valence-electron chi connectivity index (χ3n) is 5.19. The molecule has 1 fully saturated rings. The summed E-state index contributed by atoms with van der Waals surface area (Å²) in [5, 5.41) is 2.89. The van der Waals surface area contributed by atoms with Gasteiger partial charge in [0.2, 0.25) is 11.8 Å². The third-order valence-corrected chi connectivity index (χ3v) is 5.19. The Morgan fingerprint density at radius 2 is 1.81 bits per heavy atom. The van der Waals surface area contributed by atoms with Gasteiger partial charge in [-0.3, -0.25) is 14.5 Å². The Morgan fingerprint density at radius 3 is 2.52 bits per heavy atom. The number of primary amides is 1. The largest absolute Gasteiger partial charge is 0.366 e. The van der Waals surface area contributed by atoms with Crippen LogP contribution < -0.4 is 11.1 Å². The van der Waals surface area contributed by atoms with E-state index in [2.05, 4.69) is 34.5 Å². The summed E-state index contributed by atoms with van der Waals surface area (Å²) in [4.78, 5) is 25.8. The van der Waals surface area contributed by atoms with Gasteiger partial charge >= 0.3 is 0 Å². The van der Waals surface area contributed by atoms with Crippen LogP contribution in [0.4, 0.5) is 5.69 Å². The Kier molecular flexibility index (Phi) is 6.60. The van der Waals surface area contributed by atoms with Crippen LogP contribution in [0.15, 0.2) is 54.6 Å². The number of carbonyl (C=O) groups is 2. The first-order chi connectivity index (χ1) is 13.1. The average molecular weight is 365 g/mol. The quantitative estimate of drug-likeness (QED) is 0.754. The van der Waals surface area contributed by atoms with Crippen LogP contribution in [0.5, 0.6) is 0 Å². The summed E-state index contributed by atoms with van der Waals surface area (Å²) in [6, 6.07) is 17.8. The molecular weight excluding hydrogens is 338 g/mol. The maximum atomic E-state index is 12.2. The van der Waals surface area contributed by atoms with Gasteiger partial charge in [-0.15, -0.1) is 0 Å². The first-order valence-electron chi connectivity index (χ1n) is 9.59. The molecule has 5 heteroatoms. The van der Waals surface area contributed by atoms with E-state index in [0.717, 1.165) is 25.9 Å². The molecule has 142 valence electrons. The van der Waals surface area contributed by atoms with E-state index < -0.39 is 5.91 Å². The number of hydrogen-bond donors (Lipinski definition) is 2. The Balaban J connectivity index is 1.44. The van der Waals surface area contributed by atoms with E-state index in [0.29, 0.717) is 23.7 Å². The highest BCUT2D eigenvalue weighted by Crippen LogP contribution is 2.22. The number of amides is 2. The zero-order valence-electron chi connectivity index (χ0n) is 15.6. The van der Waals surface area contributed by atoms with Crippen LogP contribution in [-0.4, -0.2) is 35.8 Å². The first-order valence-corrected chi connectivity index (χ1v) is 9.59. The lowest BCUT2D eigenvalue weighted by molar-refractivity contribution is -0.116.